The van der Waals surface area contributed by atoms with E-state index in [0.717, 1.165) is 21.4 Å². The van der Waals surface area contributed by atoms with Crippen molar-refractivity contribution in [3.05, 3.63) is 55.7 Å². The highest BCUT2D eigenvalue weighted by atomic mass is 79.9. The van der Waals surface area contributed by atoms with Gasteiger partial charge >= 0.3 is 0 Å². The predicted molar refractivity (Wildman–Crippen MR) is 88.5 cm³/mol. The largest absolute Gasteiger partial charge is 0.346 e. The predicted octanol–water partition coefficient (Wildman–Crippen LogP) is 3.96. The first-order chi connectivity index (χ1) is 10.2. The van der Waals surface area contributed by atoms with E-state index in [0.29, 0.717) is 11.4 Å². The van der Waals surface area contributed by atoms with Gasteiger partial charge in [0, 0.05) is 33.2 Å². The Kier molecular flexibility index (Phi) is 4.42. The molecule has 0 saturated heterocycles. The maximum atomic E-state index is 12.1. The third-order valence-corrected chi connectivity index (χ3v) is 5.15. The molecular weight excluding hydrogens is 370 g/mol. The van der Waals surface area contributed by atoms with E-state index in [-0.39, 0.29) is 5.91 Å². The number of hydrogen-bond acceptors (Lipinski definition) is 5. The highest BCUT2D eigenvalue weighted by Gasteiger charge is 2.12. The Morgan fingerprint density at radius 3 is 2.86 bits per heavy atom. The molecule has 0 unspecified atom stereocenters. The highest BCUT2D eigenvalue weighted by molar-refractivity contribution is 9.10. The lowest BCUT2D eigenvalue weighted by atomic mass is 10.2. The number of carbonyl (C=O) groups is 1. The van der Waals surface area contributed by atoms with Crippen LogP contribution < -0.4 is 5.32 Å². The van der Waals surface area contributed by atoms with Crippen molar-refractivity contribution in [1.29, 1.82) is 0 Å². The summed E-state index contributed by atoms with van der Waals surface area (Å²) in [5.41, 5.74) is 2.60. The van der Waals surface area contributed by atoms with Crippen molar-refractivity contribution < 1.29 is 4.79 Å². The maximum Gasteiger partial charge on any atom is 0.261 e. The van der Waals surface area contributed by atoms with Crippen LogP contribution in [0.2, 0.25) is 0 Å². The van der Waals surface area contributed by atoms with Gasteiger partial charge in [-0.3, -0.25) is 14.8 Å². The standard InChI is InChI=1S/C14H10BrN3OS2/c15-10-5-12(21-8-10)14(19)18-6-11-13(17-3-2-16-11)9-1-4-20-7-9/h1-5,7-8H,6H2,(H,18,19). The van der Waals surface area contributed by atoms with Crippen LogP contribution in [0.15, 0.2) is 45.1 Å². The summed E-state index contributed by atoms with van der Waals surface area (Å²) in [5, 5.41) is 8.78. The molecule has 3 rings (SSSR count). The van der Waals surface area contributed by atoms with Gasteiger partial charge in [0.25, 0.3) is 5.91 Å². The monoisotopic (exact) mass is 379 g/mol. The van der Waals surface area contributed by atoms with Crippen LogP contribution in [0, 0.1) is 0 Å². The van der Waals surface area contributed by atoms with Crippen molar-refractivity contribution in [2.45, 2.75) is 6.54 Å². The second kappa shape index (κ2) is 6.46. The zero-order chi connectivity index (χ0) is 14.7. The molecule has 0 spiro atoms. The van der Waals surface area contributed by atoms with Gasteiger partial charge in [0.05, 0.1) is 22.8 Å². The Morgan fingerprint density at radius 1 is 1.29 bits per heavy atom. The summed E-state index contributed by atoms with van der Waals surface area (Å²) >= 11 is 6.35. The molecule has 0 fully saturated rings. The van der Waals surface area contributed by atoms with Crippen molar-refractivity contribution in [2.24, 2.45) is 0 Å². The van der Waals surface area contributed by atoms with Crippen molar-refractivity contribution >= 4 is 44.5 Å². The molecule has 0 aromatic carbocycles. The average Bonchev–Trinajstić information content (AvgIpc) is 3.16. The molecule has 0 aliphatic rings. The van der Waals surface area contributed by atoms with Gasteiger partial charge in [-0.15, -0.1) is 11.3 Å². The first-order valence-electron chi connectivity index (χ1n) is 6.09. The minimum Gasteiger partial charge on any atom is -0.346 e. The highest BCUT2D eigenvalue weighted by Crippen LogP contribution is 2.23. The van der Waals surface area contributed by atoms with Gasteiger partial charge in [-0.25, -0.2) is 0 Å². The van der Waals surface area contributed by atoms with Gasteiger partial charge in [0.1, 0.15) is 0 Å². The summed E-state index contributed by atoms with van der Waals surface area (Å²) in [6.45, 7) is 0.355. The topological polar surface area (TPSA) is 54.9 Å². The minimum atomic E-state index is -0.104. The molecule has 0 aliphatic carbocycles. The third kappa shape index (κ3) is 3.37. The molecule has 4 nitrogen and oxygen atoms in total. The molecule has 0 radical (unpaired) electrons. The van der Waals surface area contributed by atoms with Gasteiger partial charge < -0.3 is 5.32 Å². The van der Waals surface area contributed by atoms with Crippen LogP contribution in [-0.4, -0.2) is 15.9 Å². The third-order valence-electron chi connectivity index (χ3n) is 2.78. The van der Waals surface area contributed by atoms with Crippen molar-refractivity contribution in [3.63, 3.8) is 0 Å². The summed E-state index contributed by atoms with van der Waals surface area (Å²) in [6.07, 6.45) is 3.30. The number of carbonyl (C=O) groups excluding carboxylic acids is 1. The molecule has 1 amide bonds. The molecule has 3 heterocycles. The second-order valence-corrected chi connectivity index (χ2v) is 6.78. The molecular formula is C14H10BrN3OS2. The van der Waals surface area contributed by atoms with Crippen molar-refractivity contribution in [2.75, 3.05) is 0 Å². The first kappa shape index (κ1) is 14.4. The van der Waals surface area contributed by atoms with Gasteiger partial charge in [-0.05, 0) is 33.4 Å². The van der Waals surface area contributed by atoms with Gasteiger partial charge in [0.15, 0.2) is 0 Å². The summed E-state index contributed by atoms with van der Waals surface area (Å²) in [6, 6.07) is 3.80. The fourth-order valence-corrected chi connectivity index (χ4v) is 3.80. The van der Waals surface area contributed by atoms with Crippen LogP contribution in [0.3, 0.4) is 0 Å². The van der Waals surface area contributed by atoms with Crippen LogP contribution in [0.1, 0.15) is 15.4 Å². The van der Waals surface area contributed by atoms with Crippen molar-refractivity contribution in [1.82, 2.24) is 15.3 Å². The van der Waals surface area contributed by atoms with E-state index >= 15 is 0 Å². The molecule has 3 aromatic heterocycles. The van der Waals surface area contributed by atoms with E-state index in [1.165, 1.54) is 11.3 Å². The summed E-state index contributed by atoms with van der Waals surface area (Å²) < 4.78 is 0.913. The lowest BCUT2D eigenvalue weighted by Crippen LogP contribution is -2.23. The lowest BCUT2D eigenvalue weighted by molar-refractivity contribution is 0.0954. The molecule has 21 heavy (non-hydrogen) atoms. The first-order valence-corrected chi connectivity index (χ1v) is 8.70. The average molecular weight is 380 g/mol. The Balaban J connectivity index is 1.75. The van der Waals surface area contributed by atoms with Crippen LogP contribution in [0.25, 0.3) is 11.3 Å². The van der Waals surface area contributed by atoms with Crippen LogP contribution in [-0.2, 0) is 6.54 Å². The molecule has 0 aliphatic heterocycles. The number of hydrogen-bond donors (Lipinski definition) is 1. The molecule has 0 saturated carbocycles. The zero-order valence-electron chi connectivity index (χ0n) is 10.7. The number of aromatic nitrogens is 2. The Labute approximate surface area is 138 Å². The number of nitrogens with zero attached hydrogens (tertiary/aromatic N) is 2. The fraction of sp³-hybridized carbons (Fsp3) is 0.0714. The number of nitrogens with one attached hydrogen (secondary N) is 1. The number of rotatable bonds is 4. The van der Waals surface area contributed by atoms with Gasteiger partial charge in [-0.1, -0.05) is 0 Å². The summed E-state index contributed by atoms with van der Waals surface area (Å²) in [7, 11) is 0. The smallest absolute Gasteiger partial charge is 0.261 e. The fourth-order valence-electron chi connectivity index (χ4n) is 1.82. The molecule has 7 heteroatoms. The van der Waals surface area contributed by atoms with Crippen LogP contribution >= 0.6 is 38.6 Å². The van der Waals surface area contributed by atoms with E-state index in [1.807, 2.05) is 22.2 Å². The number of amides is 1. The van der Waals surface area contributed by atoms with Crippen LogP contribution in [0.5, 0.6) is 0 Å². The van der Waals surface area contributed by atoms with E-state index in [1.54, 1.807) is 29.8 Å². The Morgan fingerprint density at radius 2 is 2.14 bits per heavy atom. The Bertz CT molecular complexity index is 755. The summed E-state index contributed by atoms with van der Waals surface area (Å²) in [4.78, 5) is 21.4. The van der Waals surface area contributed by atoms with E-state index in [9.17, 15) is 4.79 Å². The second-order valence-electron chi connectivity index (χ2n) is 4.18. The summed E-state index contributed by atoms with van der Waals surface area (Å²) in [5.74, 6) is -0.104. The normalized spacial score (nSPS) is 10.5. The molecule has 0 bridgehead atoms. The SMILES string of the molecule is O=C(NCc1nccnc1-c1ccsc1)c1cc(Br)cs1. The van der Waals surface area contributed by atoms with Crippen LogP contribution in [0.4, 0.5) is 0 Å². The Hall–Kier alpha value is -1.57. The van der Waals surface area contributed by atoms with E-state index < -0.39 is 0 Å². The molecule has 1 N–H and O–H groups in total. The molecule has 3 aromatic rings. The lowest BCUT2D eigenvalue weighted by Gasteiger charge is -2.07. The molecule has 106 valence electrons. The van der Waals surface area contributed by atoms with Crippen molar-refractivity contribution in [3.8, 4) is 11.3 Å². The minimum absolute atomic E-state index is 0.104. The molecule has 0 atom stereocenters. The zero-order valence-corrected chi connectivity index (χ0v) is 14.0. The quantitative estimate of drug-likeness (QED) is 0.746. The number of thiophene rings is 2. The van der Waals surface area contributed by atoms with E-state index in [2.05, 4.69) is 31.2 Å². The van der Waals surface area contributed by atoms with E-state index in [4.69, 9.17) is 0 Å². The van der Waals surface area contributed by atoms with Gasteiger partial charge in [0.2, 0.25) is 0 Å². The maximum absolute atomic E-state index is 12.1. The van der Waals surface area contributed by atoms with Gasteiger partial charge in [-0.2, -0.15) is 11.3 Å². The number of halogens is 1.